The number of aliphatic hydroxyl groups is 1. The number of hydrogen-bond donors (Lipinski definition) is 1. The lowest BCUT2D eigenvalue weighted by Gasteiger charge is -2.23. The summed E-state index contributed by atoms with van der Waals surface area (Å²) in [5.41, 5.74) is 1.78. The number of amides is 1. The van der Waals surface area contributed by atoms with E-state index in [9.17, 15) is 14.7 Å². The van der Waals surface area contributed by atoms with E-state index < -0.39 is 5.97 Å². The number of anilines is 1. The van der Waals surface area contributed by atoms with Crippen LogP contribution in [0.15, 0.2) is 54.1 Å². The minimum Gasteiger partial charge on any atom is -0.507 e. The van der Waals surface area contributed by atoms with Gasteiger partial charge in [0.15, 0.2) is 0 Å². The zero-order valence-corrected chi connectivity index (χ0v) is 14.6. The highest BCUT2D eigenvalue weighted by atomic mass is 16.5. The third kappa shape index (κ3) is 3.26. The molecule has 0 bridgehead atoms. The average molecular weight is 353 g/mol. The third-order valence-corrected chi connectivity index (χ3v) is 4.27. The van der Waals surface area contributed by atoms with Gasteiger partial charge >= 0.3 is 5.97 Å². The van der Waals surface area contributed by atoms with Crippen molar-refractivity contribution in [1.29, 1.82) is 0 Å². The molecule has 1 amide bonds. The molecular weight excluding hydrogens is 334 g/mol. The number of nitrogens with zero attached hydrogens (tertiary/aromatic N) is 1. The topological polar surface area (TPSA) is 76.1 Å². The standard InChI is InChI=1S/C20H19NO5/c1-25-14-7-5-6-13(10-14)12-21-17-9-4-3-8-15(17)19(23)16(11-18(21)22)20(24)26-2/h3-10,23H,11-12H2,1-2H3. The van der Waals surface area contributed by atoms with Gasteiger partial charge in [0.05, 0.1) is 38.4 Å². The summed E-state index contributed by atoms with van der Waals surface area (Å²) in [6, 6.07) is 14.3. The molecule has 1 aliphatic rings. The number of fused-ring (bicyclic) bond motifs is 1. The lowest BCUT2D eigenvalue weighted by molar-refractivity contribution is -0.137. The Kier molecular flexibility index (Phi) is 4.93. The molecule has 3 rings (SSSR count). The van der Waals surface area contributed by atoms with E-state index in [0.717, 1.165) is 5.56 Å². The molecule has 0 aromatic heterocycles. The maximum absolute atomic E-state index is 12.9. The van der Waals surface area contributed by atoms with Crippen molar-refractivity contribution in [2.24, 2.45) is 0 Å². The number of ether oxygens (including phenoxy) is 2. The van der Waals surface area contributed by atoms with E-state index in [1.807, 2.05) is 24.3 Å². The lowest BCUT2D eigenvalue weighted by atomic mass is 10.1. The van der Waals surface area contributed by atoms with Crippen LogP contribution in [0.4, 0.5) is 5.69 Å². The molecule has 1 aliphatic heterocycles. The Balaban J connectivity index is 2.05. The molecule has 1 N–H and O–H groups in total. The first-order valence-electron chi connectivity index (χ1n) is 8.08. The van der Waals surface area contributed by atoms with Crippen LogP contribution in [0.25, 0.3) is 5.76 Å². The zero-order valence-electron chi connectivity index (χ0n) is 14.6. The zero-order chi connectivity index (χ0) is 18.7. The van der Waals surface area contributed by atoms with Gasteiger partial charge in [0, 0.05) is 5.56 Å². The van der Waals surface area contributed by atoms with Crippen LogP contribution in [0.1, 0.15) is 17.5 Å². The first-order valence-corrected chi connectivity index (χ1v) is 8.08. The van der Waals surface area contributed by atoms with Crippen LogP contribution in [0.2, 0.25) is 0 Å². The Morgan fingerprint density at radius 1 is 1.15 bits per heavy atom. The number of benzene rings is 2. The molecule has 0 saturated carbocycles. The molecule has 0 spiro atoms. The van der Waals surface area contributed by atoms with Crippen molar-refractivity contribution in [3.05, 3.63) is 65.2 Å². The molecular formula is C20H19NO5. The van der Waals surface area contributed by atoms with E-state index in [1.54, 1.807) is 36.3 Å². The fraction of sp³-hybridized carbons (Fsp3) is 0.200. The summed E-state index contributed by atoms with van der Waals surface area (Å²) in [6.45, 7) is 0.286. The van der Waals surface area contributed by atoms with Crippen LogP contribution in [0, 0.1) is 0 Å². The van der Waals surface area contributed by atoms with Crippen LogP contribution in [-0.2, 0) is 20.9 Å². The molecule has 134 valence electrons. The molecule has 1 heterocycles. The van der Waals surface area contributed by atoms with E-state index in [2.05, 4.69) is 0 Å². The van der Waals surface area contributed by atoms with E-state index in [0.29, 0.717) is 17.0 Å². The van der Waals surface area contributed by atoms with Crippen LogP contribution in [0.5, 0.6) is 5.75 Å². The average Bonchev–Trinajstić information content (AvgIpc) is 2.78. The maximum Gasteiger partial charge on any atom is 0.338 e. The van der Waals surface area contributed by atoms with Crippen molar-refractivity contribution < 1.29 is 24.2 Å². The van der Waals surface area contributed by atoms with Gasteiger partial charge in [-0.25, -0.2) is 4.79 Å². The largest absolute Gasteiger partial charge is 0.507 e. The first kappa shape index (κ1) is 17.5. The number of methoxy groups -OCH3 is 2. The van der Waals surface area contributed by atoms with Crippen molar-refractivity contribution in [2.75, 3.05) is 19.1 Å². The number of hydrogen-bond acceptors (Lipinski definition) is 5. The van der Waals surface area contributed by atoms with Crippen molar-refractivity contribution in [2.45, 2.75) is 13.0 Å². The summed E-state index contributed by atoms with van der Waals surface area (Å²) < 4.78 is 9.95. The smallest absolute Gasteiger partial charge is 0.338 e. The summed E-state index contributed by atoms with van der Waals surface area (Å²) in [5.74, 6) is -0.554. The van der Waals surface area contributed by atoms with Crippen LogP contribution in [-0.4, -0.2) is 31.2 Å². The number of para-hydroxylation sites is 1. The predicted octanol–water partition coefficient (Wildman–Crippen LogP) is 3.07. The third-order valence-electron chi connectivity index (χ3n) is 4.27. The van der Waals surface area contributed by atoms with Crippen molar-refractivity contribution in [1.82, 2.24) is 0 Å². The normalized spacial score (nSPS) is 13.9. The molecule has 6 heteroatoms. The quantitative estimate of drug-likeness (QED) is 0.855. The van der Waals surface area contributed by atoms with Crippen molar-refractivity contribution in [3.8, 4) is 5.75 Å². The molecule has 0 aliphatic carbocycles. The summed E-state index contributed by atoms with van der Waals surface area (Å²) in [6.07, 6.45) is -0.239. The second kappa shape index (κ2) is 7.31. The minimum absolute atomic E-state index is 0.0434. The number of esters is 1. The van der Waals surface area contributed by atoms with E-state index in [4.69, 9.17) is 9.47 Å². The van der Waals surface area contributed by atoms with Gasteiger partial charge in [-0.3, -0.25) is 4.79 Å². The molecule has 0 saturated heterocycles. The second-order valence-electron chi connectivity index (χ2n) is 5.84. The van der Waals surface area contributed by atoms with Gasteiger partial charge < -0.3 is 19.5 Å². The van der Waals surface area contributed by atoms with Crippen LogP contribution >= 0.6 is 0 Å². The molecule has 6 nitrogen and oxygen atoms in total. The first-order chi connectivity index (χ1) is 12.5. The van der Waals surface area contributed by atoms with Crippen LogP contribution < -0.4 is 9.64 Å². The highest BCUT2D eigenvalue weighted by Gasteiger charge is 2.31. The fourth-order valence-corrected chi connectivity index (χ4v) is 2.96. The Bertz CT molecular complexity index is 887. The molecule has 2 aromatic rings. The molecule has 0 unspecified atom stereocenters. The summed E-state index contributed by atoms with van der Waals surface area (Å²) in [5, 5.41) is 10.6. The highest BCUT2D eigenvalue weighted by molar-refractivity contribution is 6.09. The molecule has 26 heavy (non-hydrogen) atoms. The minimum atomic E-state index is -0.714. The van der Waals surface area contributed by atoms with Crippen molar-refractivity contribution >= 4 is 23.3 Å². The second-order valence-corrected chi connectivity index (χ2v) is 5.84. The van der Waals surface area contributed by atoms with E-state index in [1.165, 1.54) is 7.11 Å². The molecule has 0 fully saturated rings. The van der Waals surface area contributed by atoms with Crippen molar-refractivity contribution in [3.63, 3.8) is 0 Å². The SMILES string of the molecule is COC(=O)C1=C(O)c2ccccc2N(Cc2cccc(OC)c2)C(=O)C1. The highest BCUT2D eigenvalue weighted by Crippen LogP contribution is 2.34. The Morgan fingerprint density at radius 2 is 1.92 bits per heavy atom. The van der Waals surface area contributed by atoms with Gasteiger partial charge in [0.1, 0.15) is 11.5 Å². The number of carbonyl (C=O) groups excluding carboxylic acids is 2. The number of aliphatic hydroxyl groups excluding tert-OH is 1. The monoisotopic (exact) mass is 353 g/mol. The Morgan fingerprint density at radius 3 is 2.65 bits per heavy atom. The number of carbonyl (C=O) groups is 2. The molecule has 0 radical (unpaired) electrons. The maximum atomic E-state index is 12.9. The Hall–Kier alpha value is -3.28. The van der Waals surface area contributed by atoms with Gasteiger partial charge in [-0.2, -0.15) is 0 Å². The summed E-state index contributed by atoms with van der Waals surface area (Å²) in [7, 11) is 2.80. The molecule has 2 aromatic carbocycles. The van der Waals surface area contributed by atoms with Gasteiger partial charge in [0.2, 0.25) is 5.91 Å². The lowest BCUT2D eigenvalue weighted by Crippen LogP contribution is -2.30. The van der Waals surface area contributed by atoms with Crippen LogP contribution in [0.3, 0.4) is 0 Å². The van der Waals surface area contributed by atoms with Gasteiger partial charge in [0.25, 0.3) is 0 Å². The van der Waals surface area contributed by atoms with Gasteiger partial charge in [-0.1, -0.05) is 24.3 Å². The summed E-state index contributed by atoms with van der Waals surface area (Å²) >= 11 is 0. The number of rotatable bonds is 4. The summed E-state index contributed by atoms with van der Waals surface area (Å²) in [4.78, 5) is 26.4. The molecule has 0 atom stereocenters. The Labute approximate surface area is 151 Å². The van der Waals surface area contributed by atoms with Gasteiger partial charge in [-0.05, 0) is 29.8 Å². The van der Waals surface area contributed by atoms with Gasteiger partial charge in [-0.15, -0.1) is 0 Å². The van der Waals surface area contributed by atoms with E-state index in [-0.39, 0.29) is 30.2 Å². The van der Waals surface area contributed by atoms with E-state index >= 15 is 0 Å². The predicted molar refractivity (Wildman–Crippen MR) is 96.8 cm³/mol. The fourth-order valence-electron chi connectivity index (χ4n) is 2.96.